The highest BCUT2D eigenvalue weighted by molar-refractivity contribution is 6.35. The first kappa shape index (κ1) is 14.6. The maximum atomic E-state index is 10.9. The van der Waals surface area contributed by atoms with E-state index in [4.69, 9.17) is 28.3 Å². The summed E-state index contributed by atoms with van der Waals surface area (Å²) in [5, 5.41) is 12.8. The number of carboxylic acids is 1. The number of halogens is 2. The summed E-state index contributed by atoms with van der Waals surface area (Å²) in [4.78, 5) is 15.0. The van der Waals surface area contributed by atoms with Gasteiger partial charge >= 0.3 is 5.97 Å². The minimum Gasteiger partial charge on any atom is -0.478 e. The van der Waals surface area contributed by atoms with Gasteiger partial charge < -0.3 is 10.4 Å². The van der Waals surface area contributed by atoms with Crippen LogP contribution in [0, 0.1) is 0 Å². The normalized spacial score (nSPS) is 10.3. The summed E-state index contributed by atoms with van der Waals surface area (Å²) in [6.45, 7) is 0.595. The molecule has 0 saturated heterocycles. The highest BCUT2D eigenvalue weighted by Gasteiger charge is 2.12. The molecule has 2 N–H and O–H groups in total. The lowest BCUT2D eigenvalue weighted by Gasteiger charge is -2.09. The van der Waals surface area contributed by atoms with E-state index in [0.29, 0.717) is 17.4 Å². The fourth-order valence-corrected chi connectivity index (χ4v) is 2.09. The third-order valence-corrected chi connectivity index (χ3v) is 3.37. The van der Waals surface area contributed by atoms with Crippen LogP contribution in [-0.4, -0.2) is 22.6 Å². The van der Waals surface area contributed by atoms with E-state index >= 15 is 0 Å². The molecule has 0 bridgehead atoms. The van der Waals surface area contributed by atoms with Gasteiger partial charge in [-0.15, -0.1) is 0 Å². The van der Waals surface area contributed by atoms with E-state index in [0.717, 1.165) is 12.0 Å². The van der Waals surface area contributed by atoms with Gasteiger partial charge in [0.25, 0.3) is 0 Å². The van der Waals surface area contributed by atoms with Crippen molar-refractivity contribution < 1.29 is 9.90 Å². The Morgan fingerprint density at radius 3 is 2.55 bits per heavy atom. The van der Waals surface area contributed by atoms with E-state index in [1.807, 2.05) is 24.3 Å². The van der Waals surface area contributed by atoms with Crippen LogP contribution in [0.4, 0.5) is 5.82 Å². The molecular formula is C14H12Cl2N2O2. The molecule has 0 unspecified atom stereocenters. The van der Waals surface area contributed by atoms with Gasteiger partial charge in [0.1, 0.15) is 5.82 Å². The number of rotatable bonds is 5. The Morgan fingerprint density at radius 2 is 1.90 bits per heavy atom. The zero-order chi connectivity index (χ0) is 14.5. The summed E-state index contributed by atoms with van der Waals surface area (Å²) in [5.41, 5.74) is 1.16. The number of aromatic carboxylic acids is 1. The monoisotopic (exact) mass is 310 g/mol. The Morgan fingerprint density at radius 1 is 1.20 bits per heavy atom. The van der Waals surface area contributed by atoms with E-state index < -0.39 is 5.97 Å². The van der Waals surface area contributed by atoms with Crippen LogP contribution in [-0.2, 0) is 6.42 Å². The lowest BCUT2D eigenvalue weighted by Crippen LogP contribution is -2.08. The Balaban J connectivity index is 1.99. The highest BCUT2D eigenvalue weighted by atomic mass is 35.5. The van der Waals surface area contributed by atoms with E-state index in [9.17, 15) is 4.79 Å². The smallest absolute Gasteiger partial charge is 0.337 e. The fraction of sp³-hybridized carbons (Fsp3) is 0.143. The average molecular weight is 311 g/mol. The van der Waals surface area contributed by atoms with E-state index in [2.05, 4.69) is 10.3 Å². The largest absolute Gasteiger partial charge is 0.478 e. The van der Waals surface area contributed by atoms with Crippen LogP contribution in [0.25, 0.3) is 0 Å². The number of pyridine rings is 1. The SMILES string of the molecule is O=C(O)c1ccnc(NCCc2ccc(Cl)cc2)c1Cl. The summed E-state index contributed by atoms with van der Waals surface area (Å²) in [6.07, 6.45) is 2.17. The van der Waals surface area contributed by atoms with Gasteiger partial charge in [-0.1, -0.05) is 35.3 Å². The first-order valence-corrected chi connectivity index (χ1v) is 6.69. The molecule has 104 valence electrons. The lowest BCUT2D eigenvalue weighted by atomic mass is 10.1. The predicted octanol–water partition coefficient (Wildman–Crippen LogP) is 3.74. The molecule has 6 heteroatoms. The Kier molecular flexibility index (Phi) is 4.82. The van der Waals surface area contributed by atoms with Gasteiger partial charge in [-0.2, -0.15) is 0 Å². The molecule has 20 heavy (non-hydrogen) atoms. The van der Waals surface area contributed by atoms with Crippen LogP contribution in [0.15, 0.2) is 36.5 Å². The van der Waals surface area contributed by atoms with Crippen molar-refractivity contribution in [3.8, 4) is 0 Å². The van der Waals surface area contributed by atoms with Crippen molar-refractivity contribution >= 4 is 35.0 Å². The molecule has 1 heterocycles. The van der Waals surface area contributed by atoms with Gasteiger partial charge in [0.15, 0.2) is 0 Å². The molecule has 0 aliphatic heterocycles. The van der Waals surface area contributed by atoms with Crippen molar-refractivity contribution in [1.29, 1.82) is 0 Å². The molecule has 4 nitrogen and oxygen atoms in total. The zero-order valence-electron chi connectivity index (χ0n) is 10.4. The molecule has 1 aromatic carbocycles. The molecule has 2 rings (SSSR count). The van der Waals surface area contributed by atoms with Gasteiger partial charge in [0.05, 0.1) is 10.6 Å². The minimum absolute atomic E-state index is 0.0376. The third kappa shape index (κ3) is 3.62. The summed E-state index contributed by atoms with van der Waals surface area (Å²) < 4.78 is 0. The number of carbonyl (C=O) groups is 1. The zero-order valence-corrected chi connectivity index (χ0v) is 11.9. The molecule has 0 aliphatic rings. The Hall–Kier alpha value is -1.78. The summed E-state index contributed by atoms with van der Waals surface area (Å²) >= 11 is 11.8. The van der Waals surface area contributed by atoms with E-state index in [1.54, 1.807) is 0 Å². The molecular weight excluding hydrogens is 299 g/mol. The highest BCUT2D eigenvalue weighted by Crippen LogP contribution is 2.23. The molecule has 0 atom stereocenters. The molecule has 0 radical (unpaired) electrons. The lowest BCUT2D eigenvalue weighted by molar-refractivity contribution is 0.0697. The maximum absolute atomic E-state index is 10.9. The quantitative estimate of drug-likeness (QED) is 0.883. The number of aromatic nitrogens is 1. The van der Waals surface area contributed by atoms with E-state index in [-0.39, 0.29) is 10.6 Å². The minimum atomic E-state index is -1.07. The van der Waals surface area contributed by atoms with Crippen molar-refractivity contribution in [3.05, 3.63) is 57.7 Å². The molecule has 0 aliphatic carbocycles. The molecule has 0 fully saturated rings. The topological polar surface area (TPSA) is 62.2 Å². The second-order valence-electron chi connectivity index (χ2n) is 4.13. The predicted molar refractivity (Wildman–Crippen MR) is 79.9 cm³/mol. The number of carboxylic acid groups (broad SMARTS) is 1. The van der Waals surface area contributed by atoms with Crippen molar-refractivity contribution in [2.75, 3.05) is 11.9 Å². The second kappa shape index (κ2) is 6.59. The molecule has 0 amide bonds. The number of anilines is 1. The first-order valence-electron chi connectivity index (χ1n) is 5.94. The first-order chi connectivity index (χ1) is 9.58. The molecule has 2 aromatic rings. The molecule has 1 aromatic heterocycles. The number of nitrogens with one attached hydrogen (secondary N) is 1. The van der Waals surface area contributed by atoms with Gasteiger partial charge in [-0.25, -0.2) is 9.78 Å². The summed E-state index contributed by atoms with van der Waals surface area (Å²) in [7, 11) is 0. The maximum Gasteiger partial charge on any atom is 0.337 e. The summed E-state index contributed by atoms with van der Waals surface area (Å²) in [6, 6.07) is 8.90. The van der Waals surface area contributed by atoms with Crippen LogP contribution >= 0.6 is 23.2 Å². The van der Waals surface area contributed by atoms with Gasteiger partial charge in [0.2, 0.25) is 0 Å². The van der Waals surface area contributed by atoms with Gasteiger partial charge in [0, 0.05) is 17.8 Å². The van der Waals surface area contributed by atoms with Crippen molar-refractivity contribution in [1.82, 2.24) is 4.98 Å². The standard InChI is InChI=1S/C14H12Cl2N2O2/c15-10-3-1-9(2-4-10)5-7-17-13-12(16)11(14(19)20)6-8-18-13/h1-4,6,8H,5,7H2,(H,17,18)(H,19,20). The number of benzene rings is 1. The van der Waals surface area contributed by atoms with Gasteiger partial charge in [-0.3, -0.25) is 0 Å². The van der Waals surface area contributed by atoms with Crippen LogP contribution < -0.4 is 5.32 Å². The molecule has 0 saturated carbocycles. The van der Waals surface area contributed by atoms with Crippen LogP contribution in [0.1, 0.15) is 15.9 Å². The fourth-order valence-electron chi connectivity index (χ4n) is 1.71. The van der Waals surface area contributed by atoms with Crippen LogP contribution in [0.2, 0.25) is 10.0 Å². The van der Waals surface area contributed by atoms with Crippen molar-refractivity contribution in [3.63, 3.8) is 0 Å². The second-order valence-corrected chi connectivity index (χ2v) is 4.94. The molecule has 0 spiro atoms. The number of nitrogens with zero attached hydrogens (tertiary/aromatic N) is 1. The van der Waals surface area contributed by atoms with Crippen molar-refractivity contribution in [2.24, 2.45) is 0 Å². The van der Waals surface area contributed by atoms with Crippen molar-refractivity contribution in [2.45, 2.75) is 6.42 Å². The summed E-state index contributed by atoms with van der Waals surface area (Å²) in [5.74, 6) is -0.696. The number of hydrogen-bond donors (Lipinski definition) is 2. The Bertz CT molecular complexity index is 615. The Labute approximate surface area is 126 Å². The average Bonchev–Trinajstić information content (AvgIpc) is 2.42. The van der Waals surface area contributed by atoms with Gasteiger partial charge in [-0.05, 0) is 30.2 Å². The third-order valence-electron chi connectivity index (χ3n) is 2.74. The van der Waals surface area contributed by atoms with Crippen LogP contribution in [0.5, 0.6) is 0 Å². The van der Waals surface area contributed by atoms with Crippen LogP contribution in [0.3, 0.4) is 0 Å². The number of hydrogen-bond acceptors (Lipinski definition) is 3. The van der Waals surface area contributed by atoms with E-state index in [1.165, 1.54) is 12.3 Å².